The molecular weight excluding hydrogens is 314 g/mol. The Labute approximate surface area is 149 Å². The number of carbonyl (C=O) groups excluding carboxylic acids is 1. The summed E-state index contributed by atoms with van der Waals surface area (Å²) in [5.41, 5.74) is 3.09. The molecule has 4 nitrogen and oxygen atoms in total. The fourth-order valence-corrected chi connectivity index (χ4v) is 3.38. The zero-order valence-electron chi connectivity index (χ0n) is 14.6. The van der Waals surface area contributed by atoms with E-state index in [0.717, 1.165) is 29.5 Å². The van der Waals surface area contributed by atoms with Crippen LogP contribution in [0.1, 0.15) is 35.6 Å². The molecule has 2 aromatic carbocycles. The minimum absolute atomic E-state index is 0.180. The lowest BCUT2D eigenvalue weighted by Crippen LogP contribution is -2.40. The Morgan fingerprint density at radius 3 is 2.44 bits per heavy atom. The highest BCUT2D eigenvalue weighted by Crippen LogP contribution is 2.32. The van der Waals surface area contributed by atoms with E-state index in [2.05, 4.69) is 0 Å². The van der Waals surface area contributed by atoms with E-state index in [4.69, 9.17) is 4.74 Å². The summed E-state index contributed by atoms with van der Waals surface area (Å²) in [5.74, 6) is 0.180. The van der Waals surface area contributed by atoms with Crippen molar-refractivity contribution < 1.29 is 14.6 Å². The van der Waals surface area contributed by atoms with Gasteiger partial charge in [0.05, 0.1) is 6.10 Å². The summed E-state index contributed by atoms with van der Waals surface area (Å²) in [6, 6.07) is 17.6. The second-order valence-electron chi connectivity index (χ2n) is 6.67. The second-order valence-corrected chi connectivity index (χ2v) is 6.67. The normalized spacial score (nSPS) is 16.5. The second kappa shape index (κ2) is 8.17. The van der Waals surface area contributed by atoms with Crippen LogP contribution in [0.4, 0.5) is 4.79 Å². The molecule has 1 heterocycles. The molecule has 1 atom stereocenters. The number of piperidine rings is 1. The summed E-state index contributed by atoms with van der Waals surface area (Å²) in [6.07, 6.45) is 0.836. The Kier molecular flexibility index (Phi) is 5.71. The third-order valence-corrected chi connectivity index (χ3v) is 4.96. The quantitative estimate of drug-likeness (QED) is 0.913. The number of hydrogen-bond donors (Lipinski definition) is 1. The monoisotopic (exact) mass is 339 g/mol. The van der Waals surface area contributed by atoms with Gasteiger partial charge in [0.1, 0.15) is 6.61 Å². The molecule has 1 unspecified atom stereocenters. The van der Waals surface area contributed by atoms with E-state index in [9.17, 15) is 9.90 Å². The standard InChI is InChI=1S/C21H25NO3/c1-16-7-5-6-10-19(16)20(23)18-11-13-22(14-12-18)21(24)25-15-17-8-3-2-4-9-17/h2-10,18,20,23H,11-15H2,1H3. The molecule has 1 aliphatic heterocycles. The zero-order chi connectivity index (χ0) is 17.6. The summed E-state index contributed by atoms with van der Waals surface area (Å²) in [5, 5.41) is 10.7. The fourth-order valence-electron chi connectivity index (χ4n) is 3.38. The minimum Gasteiger partial charge on any atom is -0.445 e. The van der Waals surface area contributed by atoms with E-state index in [1.165, 1.54) is 0 Å². The first-order chi connectivity index (χ1) is 12.1. The third-order valence-electron chi connectivity index (χ3n) is 4.96. The van der Waals surface area contributed by atoms with Gasteiger partial charge in [0.25, 0.3) is 0 Å². The fraction of sp³-hybridized carbons (Fsp3) is 0.381. The molecule has 0 aromatic heterocycles. The van der Waals surface area contributed by atoms with E-state index in [-0.39, 0.29) is 12.0 Å². The van der Waals surface area contributed by atoms with Crippen molar-refractivity contribution in [1.29, 1.82) is 0 Å². The van der Waals surface area contributed by atoms with E-state index in [1.807, 2.05) is 61.5 Å². The molecule has 1 amide bonds. The molecule has 2 aromatic rings. The summed E-state index contributed by atoms with van der Waals surface area (Å²) in [6.45, 7) is 3.57. The van der Waals surface area contributed by atoms with Gasteiger partial charge in [0, 0.05) is 13.1 Å². The number of likely N-dealkylation sites (tertiary alicyclic amines) is 1. The molecule has 4 heteroatoms. The van der Waals surface area contributed by atoms with Crippen molar-refractivity contribution in [3.63, 3.8) is 0 Å². The number of benzene rings is 2. The Hall–Kier alpha value is -2.33. The molecule has 0 bridgehead atoms. The molecule has 25 heavy (non-hydrogen) atoms. The Morgan fingerprint density at radius 1 is 1.12 bits per heavy atom. The van der Waals surface area contributed by atoms with E-state index >= 15 is 0 Å². The molecule has 0 radical (unpaired) electrons. The van der Waals surface area contributed by atoms with Crippen LogP contribution in [-0.2, 0) is 11.3 Å². The maximum atomic E-state index is 12.2. The first-order valence-electron chi connectivity index (χ1n) is 8.84. The zero-order valence-corrected chi connectivity index (χ0v) is 14.6. The van der Waals surface area contributed by atoms with Gasteiger partial charge in [-0.15, -0.1) is 0 Å². The van der Waals surface area contributed by atoms with Crippen LogP contribution < -0.4 is 0 Å². The topological polar surface area (TPSA) is 49.8 Å². The maximum Gasteiger partial charge on any atom is 0.410 e. The minimum atomic E-state index is -0.469. The lowest BCUT2D eigenvalue weighted by molar-refractivity contribution is 0.0447. The third kappa shape index (κ3) is 4.40. The summed E-state index contributed by atoms with van der Waals surface area (Å²) in [7, 11) is 0. The maximum absolute atomic E-state index is 12.2. The highest BCUT2D eigenvalue weighted by Gasteiger charge is 2.29. The molecule has 132 valence electrons. The smallest absolute Gasteiger partial charge is 0.410 e. The van der Waals surface area contributed by atoms with Crippen molar-refractivity contribution in [3.05, 3.63) is 71.3 Å². The van der Waals surface area contributed by atoms with Crippen molar-refractivity contribution >= 4 is 6.09 Å². The average Bonchev–Trinajstić information content (AvgIpc) is 2.67. The molecule has 0 spiro atoms. The lowest BCUT2D eigenvalue weighted by atomic mass is 9.86. The number of aryl methyl sites for hydroxylation is 1. The molecule has 1 N–H and O–H groups in total. The number of rotatable bonds is 4. The summed E-state index contributed by atoms with van der Waals surface area (Å²) < 4.78 is 5.39. The number of amides is 1. The van der Waals surface area contributed by atoms with Gasteiger partial charge < -0.3 is 14.7 Å². The number of aliphatic hydroxyl groups is 1. The van der Waals surface area contributed by atoms with Gasteiger partial charge in [-0.25, -0.2) is 4.79 Å². The first-order valence-corrected chi connectivity index (χ1v) is 8.84. The largest absolute Gasteiger partial charge is 0.445 e. The van der Waals surface area contributed by atoms with Crippen molar-refractivity contribution in [3.8, 4) is 0 Å². The van der Waals surface area contributed by atoms with Crippen LogP contribution in [0.2, 0.25) is 0 Å². The van der Waals surface area contributed by atoms with E-state index in [0.29, 0.717) is 19.7 Å². The van der Waals surface area contributed by atoms with Gasteiger partial charge in [-0.05, 0) is 42.4 Å². The number of carbonyl (C=O) groups is 1. The number of aliphatic hydroxyl groups excluding tert-OH is 1. The molecule has 0 saturated carbocycles. The van der Waals surface area contributed by atoms with Crippen LogP contribution in [0.25, 0.3) is 0 Å². The SMILES string of the molecule is Cc1ccccc1C(O)C1CCN(C(=O)OCc2ccccc2)CC1. The van der Waals surface area contributed by atoms with Gasteiger partial charge >= 0.3 is 6.09 Å². The molecule has 0 aliphatic carbocycles. The van der Waals surface area contributed by atoms with Gasteiger partial charge in [-0.2, -0.15) is 0 Å². The van der Waals surface area contributed by atoms with Crippen molar-refractivity contribution in [2.24, 2.45) is 5.92 Å². The van der Waals surface area contributed by atoms with Crippen LogP contribution >= 0.6 is 0 Å². The van der Waals surface area contributed by atoms with Gasteiger partial charge in [-0.3, -0.25) is 0 Å². The van der Waals surface area contributed by atoms with Gasteiger partial charge in [-0.1, -0.05) is 54.6 Å². The molecule has 1 aliphatic rings. The first kappa shape index (κ1) is 17.5. The number of nitrogens with zero attached hydrogens (tertiary/aromatic N) is 1. The number of hydrogen-bond acceptors (Lipinski definition) is 3. The molecule has 1 saturated heterocycles. The molecular formula is C21H25NO3. The van der Waals surface area contributed by atoms with Crippen LogP contribution in [0.3, 0.4) is 0 Å². The van der Waals surface area contributed by atoms with E-state index < -0.39 is 6.10 Å². The molecule has 1 fully saturated rings. The van der Waals surface area contributed by atoms with Crippen molar-refractivity contribution in [2.45, 2.75) is 32.5 Å². The average molecular weight is 339 g/mol. The lowest BCUT2D eigenvalue weighted by Gasteiger charge is -2.34. The number of ether oxygens (including phenoxy) is 1. The van der Waals surface area contributed by atoms with Crippen LogP contribution in [0, 0.1) is 12.8 Å². The Bertz CT molecular complexity index is 693. The van der Waals surface area contributed by atoms with Crippen molar-refractivity contribution in [1.82, 2.24) is 4.90 Å². The summed E-state index contributed by atoms with van der Waals surface area (Å²) >= 11 is 0. The van der Waals surface area contributed by atoms with Gasteiger partial charge in [0.2, 0.25) is 0 Å². The van der Waals surface area contributed by atoms with Crippen LogP contribution in [0.5, 0.6) is 0 Å². The highest BCUT2D eigenvalue weighted by atomic mass is 16.6. The van der Waals surface area contributed by atoms with Crippen LogP contribution in [0.15, 0.2) is 54.6 Å². The Balaban J connectivity index is 1.50. The van der Waals surface area contributed by atoms with Crippen LogP contribution in [-0.4, -0.2) is 29.2 Å². The predicted molar refractivity (Wildman–Crippen MR) is 97.1 cm³/mol. The Morgan fingerprint density at radius 2 is 1.76 bits per heavy atom. The van der Waals surface area contributed by atoms with Gasteiger partial charge in [0.15, 0.2) is 0 Å². The summed E-state index contributed by atoms with van der Waals surface area (Å²) in [4.78, 5) is 14.0. The predicted octanol–water partition coefficient (Wildman–Crippen LogP) is 4.08. The van der Waals surface area contributed by atoms with Crippen molar-refractivity contribution in [2.75, 3.05) is 13.1 Å². The van der Waals surface area contributed by atoms with E-state index in [1.54, 1.807) is 4.90 Å². The highest BCUT2D eigenvalue weighted by molar-refractivity contribution is 5.67. The molecule has 3 rings (SSSR count).